The maximum absolute atomic E-state index is 11.4. The van der Waals surface area contributed by atoms with E-state index in [1.54, 1.807) is 0 Å². The first-order valence-electron chi connectivity index (χ1n) is 5.33. The van der Waals surface area contributed by atoms with Crippen molar-refractivity contribution in [3.63, 3.8) is 0 Å². The van der Waals surface area contributed by atoms with Gasteiger partial charge in [0.25, 0.3) is 0 Å². The van der Waals surface area contributed by atoms with E-state index in [4.69, 9.17) is 11.6 Å². The summed E-state index contributed by atoms with van der Waals surface area (Å²) in [7, 11) is 0. The highest BCUT2D eigenvalue weighted by molar-refractivity contribution is 6.21. The number of Topliss-reactive ketones (excluding diaryl/α,β-unsaturated/α-hetero) is 1. The molecule has 0 saturated heterocycles. The second-order valence-corrected chi connectivity index (χ2v) is 4.51. The number of benzene rings is 1. The minimum atomic E-state index is 0.0239. The van der Waals surface area contributed by atoms with E-state index in [0.717, 1.165) is 11.1 Å². The van der Waals surface area contributed by atoms with Crippen molar-refractivity contribution >= 4 is 17.4 Å². The van der Waals surface area contributed by atoms with E-state index in [1.807, 2.05) is 31.2 Å². The van der Waals surface area contributed by atoms with Crippen LogP contribution in [0.3, 0.4) is 0 Å². The van der Waals surface area contributed by atoms with E-state index >= 15 is 0 Å². The predicted molar refractivity (Wildman–Crippen MR) is 64.5 cm³/mol. The molecule has 0 aromatic heterocycles. The molecule has 0 amide bonds. The van der Waals surface area contributed by atoms with Crippen LogP contribution in [-0.4, -0.2) is 5.78 Å². The summed E-state index contributed by atoms with van der Waals surface area (Å²) in [5.41, 5.74) is 1.85. The molecule has 1 rings (SSSR count). The molecule has 0 N–H and O–H groups in total. The average Bonchev–Trinajstić information content (AvgIpc) is 2.27. The first-order valence-corrected chi connectivity index (χ1v) is 5.77. The largest absolute Gasteiger partial charge is 0.294 e. The van der Waals surface area contributed by atoms with Crippen LogP contribution in [0.4, 0.5) is 0 Å². The van der Waals surface area contributed by atoms with Crippen molar-refractivity contribution in [1.82, 2.24) is 0 Å². The summed E-state index contributed by atoms with van der Waals surface area (Å²) in [5, 5.41) is 0.0239. The molecule has 2 heteroatoms. The van der Waals surface area contributed by atoms with Crippen LogP contribution in [0.25, 0.3) is 0 Å². The fraction of sp³-hybridized carbons (Fsp3) is 0.462. The predicted octanol–water partition coefficient (Wildman–Crippen LogP) is 4.22. The van der Waals surface area contributed by atoms with Gasteiger partial charge in [0.1, 0.15) is 0 Å². The van der Waals surface area contributed by atoms with Gasteiger partial charge in [-0.1, -0.05) is 45.0 Å². The van der Waals surface area contributed by atoms with E-state index in [-0.39, 0.29) is 11.2 Å². The van der Waals surface area contributed by atoms with Gasteiger partial charge in [-0.2, -0.15) is 0 Å². The third-order valence-corrected chi connectivity index (χ3v) is 3.21. The van der Waals surface area contributed by atoms with Gasteiger partial charge in [0.15, 0.2) is 5.78 Å². The van der Waals surface area contributed by atoms with Crippen LogP contribution in [0.15, 0.2) is 24.3 Å². The summed E-state index contributed by atoms with van der Waals surface area (Å²) in [4.78, 5) is 11.4. The van der Waals surface area contributed by atoms with Crippen molar-refractivity contribution in [1.29, 1.82) is 0 Å². The molecule has 1 atom stereocenters. The fourth-order valence-corrected chi connectivity index (χ4v) is 1.59. The molecule has 0 aliphatic heterocycles. The molecule has 82 valence electrons. The Morgan fingerprint density at radius 2 is 1.80 bits per heavy atom. The highest BCUT2D eigenvalue weighted by atomic mass is 35.5. The maximum Gasteiger partial charge on any atom is 0.162 e. The molecule has 1 nitrogen and oxygen atoms in total. The van der Waals surface area contributed by atoms with Crippen LogP contribution < -0.4 is 0 Å². The quantitative estimate of drug-likeness (QED) is 0.553. The lowest BCUT2D eigenvalue weighted by Crippen LogP contribution is -2.01. The topological polar surface area (TPSA) is 17.1 Å². The van der Waals surface area contributed by atoms with E-state index in [1.165, 1.54) is 0 Å². The van der Waals surface area contributed by atoms with E-state index in [2.05, 4.69) is 13.8 Å². The third-order valence-electron chi connectivity index (χ3n) is 2.46. The first kappa shape index (κ1) is 12.3. The number of halogens is 1. The lowest BCUT2D eigenvalue weighted by Gasteiger charge is -2.13. The van der Waals surface area contributed by atoms with Crippen molar-refractivity contribution in [2.45, 2.75) is 32.6 Å². The van der Waals surface area contributed by atoms with Crippen LogP contribution in [0, 0.1) is 5.92 Å². The van der Waals surface area contributed by atoms with Gasteiger partial charge >= 0.3 is 0 Å². The Morgan fingerprint density at radius 3 is 2.20 bits per heavy atom. The minimum Gasteiger partial charge on any atom is -0.294 e. The van der Waals surface area contributed by atoms with Gasteiger partial charge < -0.3 is 0 Å². The number of hydrogen-bond donors (Lipinski definition) is 0. The van der Waals surface area contributed by atoms with E-state index in [9.17, 15) is 4.79 Å². The Kier molecular flexibility index (Phi) is 4.34. The molecule has 0 aliphatic rings. The molecule has 1 aromatic carbocycles. The normalized spacial score (nSPS) is 12.9. The second-order valence-electron chi connectivity index (χ2n) is 4.04. The second kappa shape index (κ2) is 5.32. The van der Waals surface area contributed by atoms with Crippen molar-refractivity contribution in [3.05, 3.63) is 35.4 Å². The molecule has 1 unspecified atom stereocenters. The number of rotatable bonds is 4. The number of alkyl halides is 1. The molecule has 0 spiro atoms. The molecule has 0 saturated carbocycles. The Labute approximate surface area is 96.5 Å². The molecule has 0 heterocycles. The zero-order chi connectivity index (χ0) is 11.4. The van der Waals surface area contributed by atoms with Crippen LogP contribution in [0.2, 0.25) is 0 Å². The standard InChI is InChI=1S/C13H17ClO/c1-4-12(15)10-5-7-11(8-6-10)13(14)9(2)3/h5-9,13H,4H2,1-3H3. The van der Waals surface area contributed by atoms with Gasteiger partial charge in [-0.15, -0.1) is 11.6 Å². The number of carbonyl (C=O) groups excluding carboxylic acids is 1. The maximum atomic E-state index is 11.4. The highest BCUT2D eigenvalue weighted by Crippen LogP contribution is 2.28. The summed E-state index contributed by atoms with van der Waals surface area (Å²) < 4.78 is 0. The van der Waals surface area contributed by atoms with Crippen molar-refractivity contribution in [2.75, 3.05) is 0 Å². The lowest BCUT2D eigenvalue weighted by molar-refractivity contribution is 0.0988. The summed E-state index contributed by atoms with van der Waals surface area (Å²) in [5.74, 6) is 0.580. The monoisotopic (exact) mass is 224 g/mol. The first-order chi connectivity index (χ1) is 7.06. The smallest absolute Gasteiger partial charge is 0.162 e. The molecule has 0 radical (unpaired) electrons. The Balaban J connectivity index is 2.85. The highest BCUT2D eigenvalue weighted by Gasteiger charge is 2.12. The summed E-state index contributed by atoms with van der Waals surface area (Å²) in [6, 6.07) is 7.61. The van der Waals surface area contributed by atoms with Crippen molar-refractivity contribution in [2.24, 2.45) is 5.92 Å². The average molecular weight is 225 g/mol. The Bertz CT molecular complexity index is 327. The molecule has 0 bridgehead atoms. The van der Waals surface area contributed by atoms with Crippen LogP contribution in [0.5, 0.6) is 0 Å². The van der Waals surface area contributed by atoms with Crippen LogP contribution >= 0.6 is 11.6 Å². The summed E-state index contributed by atoms with van der Waals surface area (Å²) in [6.45, 7) is 6.04. The van der Waals surface area contributed by atoms with Gasteiger partial charge in [0.2, 0.25) is 0 Å². The van der Waals surface area contributed by atoms with Crippen molar-refractivity contribution in [3.8, 4) is 0 Å². The molecule has 15 heavy (non-hydrogen) atoms. The fourth-order valence-electron chi connectivity index (χ4n) is 1.44. The Morgan fingerprint density at radius 1 is 1.27 bits per heavy atom. The third kappa shape index (κ3) is 3.07. The zero-order valence-electron chi connectivity index (χ0n) is 9.46. The molecule has 1 aromatic rings. The van der Waals surface area contributed by atoms with Crippen LogP contribution in [0.1, 0.15) is 48.5 Å². The SMILES string of the molecule is CCC(=O)c1ccc(C(Cl)C(C)C)cc1. The molecule has 0 fully saturated rings. The minimum absolute atomic E-state index is 0.0239. The molecule has 0 aliphatic carbocycles. The molecular formula is C13H17ClO. The summed E-state index contributed by atoms with van der Waals surface area (Å²) in [6.07, 6.45) is 0.549. The number of carbonyl (C=O) groups is 1. The van der Waals surface area contributed by atoms with Gasteiger partial charge in [-0.25, -0.2) is 0 Å². The van der Waals surface area contributed by atoms with Crippen LogP contribution in [-0.2, 0) is 0 Å². The van der Waals surface area contributed by atoms with Gasteiger partial charge in [0.05, 0.1) is 5.38 Å². The van der Waals surface area contributed by atoms with Gasteiger partial charge in [-0.05, 0) is 11.5 Å². The van der Waals surface area contributed by atoms with Crippen molar-refractivity contribution < 1.29 is 4.79 Å². The number of hydrogen-bond acceptors (Lipinski definition) is 1. The van der Waals surface area contributed by atoms with E-state index < -0.39 is 0 Å². The molecular weight excluding hydrogens is 208 g/mol. The lowest BCUT2D eigenvalue weighted by atomic mass is 9.99. The summed E-state index contributed by atoms with van der Waals surface area (Å²) >= 11 is 6.22. The zero-order valence-corrected chi connectivity index (χ0v) is 10.2. The van der Waals surface area contributed by atoms with Gasteiger partial charge in [0, 0.05) is 12.0 Å². The van der Waals surface area contributed by atoms with E-state index in [0.29, 0.717) is 12.3 Å². The van der Waals surface area contributed by atoms with Gasteiger partial charge in [-0.3, -0.25) is 4.79 Å². The number of ketones is 1. The Hall–Kier alpha value is -0.820.